The minimum Gasteiger partial charge on any atom is -0.487 e. The molecule has 0 saturated heterocycles. The number of carboxylic acid groups (broad SMARTS) is 1. The highest BCUT2D eigenvalue weighted by Gasteiger charge is 2.17. The third-order valence-corrected chi connectivity index (χ3v) is 7.49. The average molecular weight is 576 g/mol. The Balaban J connectivity index is 0.00000370. The first kappa shape index (κ1) is 28.9. The lowest BCUT2D eigenvalue weighted by Crippen LogP contribution is -2.16. The van der Waals surface area contributed by atoms with E-state index < -0.39 is 5.97 Å². The largest absolute Gasteiger partial charge is 0.487 e. The van der Waals surface area contributed by atoms with Gasteiger partial charge in [-0.25, -0.2) is 9.97 Å². The predicted octanol–water partition coefficient (Wildman–Crippen LogP) is 7.43. The molecule has 9 heteroatoms. The van der Waals surface area contributed by atoms with E-state index in [1.165, 1.54) is 0 Å². The number of aryl methyl sites for hydroxylation is 2. The topological polar surface area (TPSA) is 88.7 Å². The predicted molar refractivity (Wildman–Crippen MR) is 160 cm³/mol. The molecule has 2 heterocycles. The van der Waals surface area contributed by atoms with Crippen LogP contribution in [-0.2, 0) is 24.4 Å². The van der Waals surface area contributed by atoms with Crippen molar-refractivity contribution >= 4 is 34.8 Å². The SMILES string of the molecule is Cc1oc(-c2ccccc2)nc1COc1ccc(CN(C)c2nc(-c3ccccc3)c(CCC(=O)O)s2)cc1.Cl. The maximum Gasteiger partial charge on any atom is 0.303 e. The zero-order valence-corrected chi connectivity index (χ0v) is 23.9. The number of hydrogen-bond acceptors (Lipinski definition) is 7. The summed E-state index contributed by atoms with van der Waals surface area (Å²) in [5.74, 6) is 1.28. The fourth-order valence-corrected chi connectivity index (χ4v) is 5.21. The first-order chi connectivity index (χ1) is 19.0. The Morgan fingerprint density at radius 2 is 1.60 bits per heavy atom. The lowest BCUT2D eigenvalue weighted by Gasteiger charge is -2.16. The van der Waals surface area contributed by atoms with Crippen LogP contribution in [0.3, 0.4) is 0 Å². The van der Waals surface area contributed by atoms with Gasteiger partial charge in [-0.05, 0) is 43.2 Å². The van der Waals surface area contributed by atoms with Crippen LogP contribution < -0.4 is 9.64 Å². The van der Waals surface area contributed by atoms with Gasteiger partial charge in [-0.2, -0.15) is 0 Å². The zero-order chi connectivity index (χ0) is 27.2. The Morgan fingerprint density at radius 3 is 2.25 bits per heavy atom. The fourth-order valence-electron chi connectivity index (χ4n) is 4.16. The summed E-state index contributed by atoms with van der Waals surface area (Å²) in [6.45, 7) is 2.87. The van der Waals surface area contributed by atoms with Gasteiger partial charge in [0.1, 0.15) is 23.8 Å². The van der Waals surface area contributed by atoms with E-state index in [0.717, 1.165) is 49.6 Å². The third kappa shape index (κ3) is 7.08. The van der Waals surface area contributed by atoms with Crippen LogP contribution >= 0.6 is 23.7 Å². The number of benzene rings is 3. The summed E-state index contributed by atoms with van der Waals surface area (Å²) >= 11 is 1.55. The van der Waals surface area contributed by atoms with E-state index in [1.54, 1.807) is 11.3 Å². The van der Waals surface area contributed by atoms with Crippen LogP contribution in [0.5, 0.6) is 5.75 Å². The quantitative estimate of drug-likeness (QED) is 0.175. The van der Waals surface area contributed by atoms with Crippen molar-refractivity contribution in [3.8, 4) is 28.5 Å². The van der Waals surface area contributed by atoms with Crippen LogP contribution in [-0.4, -0.2) is 28.1 Å². The standard InChI is InChI=1S/C31H29N3O4S.ClH/c1-21-26(32-30(38-21)24-11-7-4-8-12-24)20-37-25-15-13-22(14-16-25)19-34(2)31-33-29(23-9-5-3-6-10-23)27(39-31)17-18-28(35)36;/h3-16H,17-20H2,1-2H3,(H,35,36);1H. The van der Waals surface area contributed by atoms with Crippen molar-refractivity contribution in [1.82, 2.24) is 9.97 Å². The van der Waals surface area contributed by atoms with E-state index in [0.29, 0.717) is 25.5 Å². The number of oxazole rings is 1. The number of nitrogens with zero attached hydrogens (tertiary/aromatic N) is 3. The highest BCUT2D eigenvalue weighted by molar-refractivity contribution is 7.16. The molecule has 0 spiro atoms. The normalized spacial score (nSPS) is 10.7. The minimum absolute atomic E-state index is 0. The molecule has 0 aliphatic heterocycles. The van der Waals surface area contributed by atoms with Crippen LogP contribution in [0.4, 0.5) is 5.13 Å². The van der Waals surface area contributed by atoms with Gasteiger partial charge in [0, 0.05) is 29.6 Å². The van der Waals surface area contributed by atoms with Crippen molar-refractivity contribution in [2.45, 2.75) is 32.9 Å². The van der Waals surface area contributed by atoms with Gasteiger partial charge in [0.15, 0.2) is 5.13 Å². The molecule has 0 fully saturated rings. The van der Waals surface area contributed by atoms with Crippen molar-refractivity contribution in [3.05, 3.63) is 107 Å². The van der Waals surface area contributed by atoms with Gasteiger partial charge in [0.25, 0.3) is 0 Å². The smallest absolute Gasteiger partial charge is 0.303 e. The summed E-state index contributed by atoms with van der Waals surface area (Å²) in [6, 6.07) is 27.7. The third-order valence-electron chi connectivity index (χ3n) is 6.26. The van der Waals surface area contributed by atoms with Gasteiger partial charge in [-0.3, -0.25) is 4.79 Å². The molecule has 5 aromatic rings. The first-order valence-electron chi connectivity index (χ1n) is 12.7. The van der Waals surface area contributed by atoms with Gasteiger partial charge in [0.05, 0.1) is 12.1 Å². The summed E-state index contributed by atoms with van der Waals surface area (Å²) < 4.78 is 11.8. The summed E-state index contributed by atoms with van der Waals surface area (Å²) in [4.78, 5) is 23.7. The lowest BCUT2D eigenvalue weighted by molar-refractivity contribution is -0.136. The molecule has 0 amide bonds. The lowest BCUT2D eigenvalue weighted by atomic mass is 10.1. The molecule has 2 aromatic heterocycles. The molecule has 5 rings (SSSR count). The number of thiazole rings is 1. The van der Waals surface area contributed by atoms with Gasteiger partial charge in [-0.1, -0.05) is 60.7 Å². The number of carbonyl (C=O) groups is 1. The van der Waals surface area contributed by atoms with Crippen molar-refractivity contribution in [2.75, 3.05) is 11.9 Å². The number of hydrogen-bond donors (Lipinski definition) is 1. The van der Waals surface area contributed by atoms with Crippen LogP contribution in [0.15, 0.2) is 89.3 Å². The second-order valence-corrected chi connectivity index (χ2v) is 10.3. The molecule has 0 bridgehead atoms. The molecule has 3 aromatic carbocycles. The van der Waals surface area contributed by atoms with Gasteiger partial charge < -0.3 is 19.2 Å². The summed E-state index contributed by atoms with van der Waals surface area (Å²) in [5.41, 5.74) is 4.66. The highest BCUT2D eigenvalue weighted by Crippen LogP contribution is 2.34. The van der Waals surface area contributed by atoms with E-state index in [2.05, 4.69) is 9.88 Å². The fraction of sp³-hybridized carbons (Fsp3) is 0.194. The Hall–Kier alpha value is -4.14. The molecule has 1 N–H and O–H groups in total. The van der Waals surface area contributed by atoms with Crippen LogP contribution in [0.2, 0.25) is 0 Å². The highest BCUT2D eigenvalue weighted by atomic mass is 35.5. The number of aromatic nitrogens is 2. The van der Waals surface area contributed by atoms with Crippen LogP contribution in [0, 0.1) is 6.92 Å². The Morgan fingerprint density at radius 1 is 0.950 bits per heavy atom. The van der Waals surface area contributed by atoms with Gasteiger partial charge in [0.2, 0.25) is 5.89 Å². The molecule has 40 heavy (non-hydrogen) atoms. The summed E-state index contributed by atoms with van der Waals surface area (Å²) in [5, 5.41) is 10.0. The zero-order valence-electron chi connectivity index (χ0n) is 22.2. The molecular formula is C31H30ClN3O4S. The second-order valence-electron chi connectivity index (χ2n) is 9.20. The number of rotatable bonds is 11. The van der Waals surface area contributed by atoms with Crippen LogP contribution in [0.25, 0.3) is 22.7 Å². The molecule has 0 aliphatic carbocycles. The van der Waals surface area contributed by atoms with Crippen molar-refractivity contribution in [1.29, 1.82) is 0 Å². The monoisotopic (exact) mass is 575 g/mol. The number of anilines is 1. The Bertz CT molecular complexity index is 1540. The molecule has 0 aliphatic rings. The van der Waals surface area contributed by atoms with Gasteiger partial charge >= 0.3 is 5.97 Å². The van der Waals surface area contributed by atoms with Crippen LogP contribution in [0.1, 0.15) is 28.3 Å². The molecule has 0 atom stereocenters. The average Bonchev–Trinajstić information content (AvgIpc) is 3.56. The Labute approximate surface area is 243 Å². The summed E-state index contributed by atoms with van der Waals surface area (Å²) in [7, 11) is 2.00. The molecular weight excluding hydrogens is 546 g/mol. The number of carboxylic acids is 1. The van der Waals surface area contributed by atoms with E-state index in [-0.39, 0.29) is 18.8 Å². The van der Waals surface area contributed by atoms with Crippen molar-refractivity contribution in [3.63, 3.8) is 0 Å². The number of aliphatic carboxylic acids is 1. The molecule has 7 nitrogen and oxygen atoms in total. The van der Waals surface area contributed by atoms with E-state index in [1.807, 2.05) is 98.9 Å². The molecule has 0 saturated carbocycles. The van der Waals surface area contributed by atoms with Crippen molar-refractivity contribution in [2.24, 2.45) is 0 Å². The second kappa shape index (κ2) is 13.3. The van der Waals surface area contributed by atoms with E-state index in [4.69, 9.17) is 14.1 Å². The number of halogens is 1. The first-order valence-corrected chi connectivity index (χ1v) is 13.5. The van der Waals surface area contributed by atoms with Crippen molar-refractivity contribution < 1.29 is 19.1 Å². The van der Waals surface area contributed by atoms with E-state index in [9.17, 15) is 9.90 Å². The summed E-state index contributed by atoms with van der Waals surface area (Å²) in [6.07, 6.45) is 0.531. The Kier molecular flexibility index (Phi) is 9.58. The maximum absolute atomic E-state index is 11.2. The number of ether oxygens (including phenoxy) is 1. The maximum atomic E-state index is 11.2. The minimum atomic E-state index is -0.810. The van der Waals surface area contributed by atoms with E-state index >= 15 is 0 Å². The van der Waals surface area contributed by atoms with Gasteiger partial charge in [-0.15, -0.1) is 23.7 Å². The molecule has 206 valence electrons. The molecule has 0 radical (unpaired) electrons. The molecule has 0 unspecified atom stereocenters.